The summed E-state index contributed by atoms with van der Waals surface area (Å²) in [6, 6.07) is 13.6. The van der Waals surface area contributed by atoms with E-state index in [1.165, 1.54) is 11.1 Å². The van der Waals surface area contributed by atoms with Crippen molar-refractivity contribution < 1.29 is 18.0 Å². The lowest BCUT2D eigenvalue weighted by Gasteiger charge is -2.26. The number of carbonyl (C=O) groups excluding carboxylic acids is 2. The van der Waals surface area contributed by atoms with Crippen LogP contribution < -0.4 is 10.7 Å². The third kappa shape index (κ3) is 6.02. The largest absolute Gasteiger partial charge is 0.351 e. The Morgan fingerprint density at radius 1 is 0.941 bits per heavy atom. The van der Waals surface area contributed by atoms with E-state index < -0.39 is 21.5 Å². The van der Waals surface area contributed by atoms with Gasteiger partial charge in [0.05, 0.1) is 0 Å². The molecule has 0 saturated carbocycles. The van der Waals surface area contributed by atoms with Crippen LogP contribution in [0.15, 0.2) is 57.8 Å². The van der Waals surface area contributed by atoms with Gasteiger partial charge in [-0.3, -0.25) is 20.0 Å². The van der Waals surface area contributed by atoms with Crippen molar-refractivity contribution in [3.05, 3.63) is 65.2 Å². The van der Waals surface area contributed by atoms with Crippen LogP contribution in [0.5, 0.6) is 0 Å². The second-order valence-corrected chi connectivity index (χ2v) is 11.9. The van der Waals surface area contributed by atoms with E-state index in [9.17, 15) is 18.0 Å². The number of hydrazine groups is 1. The van der Waals surface area contributed by atoms with Crippen LogP contribution >= 0.6 is 0 Å². The molecule has 0 spiro atoms. The molecule has 0 saturated heterocycles. The third-order valence-electron chi connectivity index (χ3n) is 5.19. The van der Waals surface area contributed by atoms with Crippen molar-refractivity contribution in [2.24, 2.45) is 4.40 Å². The maximum Gasteiger partial charge on any atom is 0.285 e. The van der Waals surface area contributed by atoms with E-state index in [2.05, 4.69) is 35.9 Å². The first-order valence-corrected chi connectivity index (χ1v) is 12.6. The van der Waals surface area contributed by atoms with Crippen molar-refractivity contribution in [2.45, 2.75) is 63.8 Å². The Kier molecular flexibility index (Phi) is 6.89. The van der Waals surface area contributed by atoms with Crippen molar-refractivity contribution in [2.75, 3.05) is 6.54 Å². The smallest absolute Gasteiger partial charge is 0.285 e. The molecule has 0 unspecified atom stereocenters. The molecule has 0 radical (unpaired) electrons. The highest BCUT2D eigenvalue weighted by atomic mass is 32.2. The lowest BCUT2D eigenvalue weighted by atomic mass is 9.87. The summed E-state index contributed by atoms with van der Waals surface area (Å²) in [5.41, 5.74) is 4.15. The van der Waals surface area contributed by atoms with Crippen LogP contribution in [0.2, 0.25) is 0 Å². The number of hydrogen-bond donors (Lipinski definition) is 2. The van der Waals surface area contributed by atoms with Gasteiger partial charge in [-0.05, 0) is 56.0 Å². The highest BCUT2D eigenvalue weighted by molar-refractivity contribution is 7.90. The van der Waals surface area contributed by atoms with Gasteiger partial charge in [0.15, 0.2) is 5.84 Å². The molecule has 182 valence electrons. The van der Waals surface area contributed by atoms with Gasteiger partial charge in [0, 0.05) is 29.6 Å². The van der Waals surface area contributed by atoms with E-state index in [1.54, 1.807) is 30.3 Å². The lowest BCUT2D eigenvalue weighted by Crippen LogP contribution is -2.48. The van der Waals surface area contributed by atoms with Crippen LogP contribution in [0.1, 0.15) is 69.4 Å². The maximum atomic E-state index is 13.1. The van der Waals surface area contributed by atoms with Gasteiger partial charge >= 0.3 is 0 Å². The first-order valence-electron chi connectivity index (χ1n) is 11.1. The fourth-order valence-electron chi connectivity index (χ4n) is 3.50. The molecule has 1 aliphatic rings. The van der Waals surface area contributed by atoms with Gasteiger partial charge in [0.1, 0.15) is 4.90 Å². The molecular formula is C25H32N4O4S. The fourth-order valence-corrected chi connectivity index (χ4v) is 4.71. The van der Waals surface area contributed by atoms with E-state index >= 15 is 0 Å². The molecule has 1 heterocycles. The Balaban J connectivity index is 1.88. The fraction of sp³-hybridized carbons (Fsp3) is 0.400. The van der Waals surface area contributed by atoms with Gasteiger partial charge in [0.25, 0.3) is 15.9 Å². The Labute approximate surface area is 201 Å². The molecule has 9 heteroatoms. The summed E-state index contributed by atoms with van der Waals surface area (Å²) >= 11 is 0. The van der Waals surface area contributed by atoms with Crippen molar-refractivity contribution in [3.63, 3.8) is 0 Å². The number of rotatable bonds is 4. The van der Waals surface area contributed by atoms with Crippen molar-refractivity contribution in [1.29, 1.82) is 0 Å². The summed E-state index contributed by atoms with van der Waals surface area (Å²) in [7, 11) is -3.90. The Morgan fingerprint density at radius 2 is 1.56 bits per heavy atom. The van der Waals surface area contributed by atoms with Gasteiger partial charge in [-0.2, -0.15) is 8.42 Å². The minimum Gasteiger partial charge on any atom is -0.351 e. The lowest BCUT2D eigenvalue weighted by molar-refractivity contribution is -0.122. The number of nitrogens with zero attached hydrogens (tertiary/aromatic N) is 2. The van der Waals surface area contributed by atoms with Crippen LogP contribution in [0.4, 0.5) is 0 Å². The van der Waals surface area contributed by atoms with Crippen molar-refractivity contribution >= 4 is 27.7 Å². The minimum atomic E-state index is -3.90. The molecule has 0 aliphatic carbocycles. The second-order valence-electron chi connectivity index (χ2n) is 10.4. The summed E-state index contributed by atoms with van der Waals surface area (Å²) in [4.78, 5) is 25.6. The monoisotopic (exact) mass is 484 g/mol. The van der Waals surface area contributed by atoms with Crippen LogP contribution in [-0.2, 0) is 20.2 Å². The molecule has 0 bridgehead atoms. The van der Waals surface area contributed by atoms with Gasteiger partial charge in [0.2, 0.25) is 5.91 Å². The molecule has 0 atom stereocenters. The molecule has 1 aliphatic heterocycles. The van der Waals surface area contributed by atoms with E-state index in [4.69, 9.17) is 0 Å². The van der Waals surface area contributed by atoms with E-state index in [-0.39, 0.29) is 35.0 Å². The van der Waals surface area contributed by atoms with E-state index in [0.29, 0.717) is 11.1 Å². The second kappa shape index (κ2) is 9.21. The molecule has 2 aromatic carbocycles. The molecule has 3 rings (SSSR count). The zero-order valence-electron chi connectivity index (χ0n) is 20.5. The van der Waals surface area contributed by atoms with Crippen LogP contribution in [0.25, 0.3) is 0 Å². The number of benzene rings is 2. The van der Waals surface area contributed by atoms with Crippen molar-refractivity contribution in [1.82, 2.24) is 15.8 Å². The van der Waals surface area contributed by atoms with Gasteiger partial charge in [-0.15, -0.1) is 4.40 Å². The predicted molar refractivity (Wildman–Crippen MR) is 132 cm³/mol. The highest BCUT2D eigenvalue weighted by Crippen LogP contribution is 2.27. The third-order valence-corrected chi connectivity index (χ3v) is 6.52. The van der Waals surface area contributed by atoms with E-state index in [1.807, 2.05) is 32.9 Å². The first-order chi connectivity index (χ1) is 15.7. The number of hydrogen-bond acceptors (Lipinski definition) is 5. The minimum absolute atomic E-state index is 0.0295. The normalized spacial score (nSPS) is 14.7. The van der Waals surface area contributed by atoms with Crippen LogP contribution in [0.3, 0.4) is 0 Å². The summed E-state index contributed by atoms with van der Waals surface area (Å²) in [5, 5.41) is 4.21. The van der Waals surface area contributed by atoms with Gasteiger partial charge in [-0.25, -0.2) is 0 Å². The Bertz CT molecular complexity index is 1220. The van der Waals surface area contributed by atoms with Crippen molar-refractivity contribution in [3.8, 4) is 0 Å². The predicted octanol–water partition coefficient (Wildman–Crippen LogP) is 3.38. The Morgan fingerprint density at radius 3 is 2.15 bits per heavy atom. The molecule has 2 N–H and O–H groups in total. The van der Waals surface area contributed by atoms with Gasteiger partial charge in [-0.1, -0.05) is 45.0 Å². The molecule has 0 aromatic heterocycles. The topological polar surface area (TPSA) is 108 Å². The molecular weight excluding hydrogens is 452 g/mol. The number of amidine groups is 1. The first kappa shape index (κ1) is 25.4. The average molecular weight is 485 g/mol. The van der Waals surface area contributed by atoms with Gasteiger partial charge < -0.3 is 5.32 Å². The standard InChI is InChI=1S/C25H32N4O4S/c1-24(2,3)18-13-11-17(12-14-18)23(31)27-29(16-15-21(30)26-25(4,5)6)22-19-9-7-8-10-20(19)34(32,33)28-22/h7-14H,15-16H2,1-6H3,(H,26,30)(H,27,31). The maximum absolute atomic E-state index is 13.1. The molecule has 34 heavy (non-hydrogen) atoms. The van der Waals surface area contributed by atoms with Crippen LogP contribution in [0, 0.1) is 0 Å². The Hall–Kier alpha value is -3.20. The number of fused-ring (bicyclic) bond motifs is 1. The quantitative estimate of drug-likeness (QED) is 0.647. The summed E-state index contributed by atoms with van der Waals surface area (Å²) in [6.07, 6.45) is 0.0295. The molecule has 2 aromatic rings. The van der Waals surface area contributed by atoms with Crippen LogP contribution in [-0.4, -0.2) is 43.2 Å². The summed E-state index contributed by atoms with van der Waals surface area (Å²) < 4.78 is 29.1. The number of amides is 2. The summed E-state index contributed by atoms with van der Waals surface area (Å²) in [5.74, 6) is -0.573. The van der Waals surface area contributed by atoms with E-state index in [0.717, 1.165) is 5.56 Å². The zero-order chi connectivity index (χ0) is 25.3. The summed E-state index contributed by atoms with van der Waals surface area (Å²) in [6.45, 7) is 11.9. The molecule has 8 nitrogen and oxygen atoms in total. The highest BCUT2D eigenvalue weighted by Gasteiger charge is 2.33. The number of carbonyl (C=O) groups is 2. The molecule has 2 amide bonds. The SMILES string of the molecule is CC(C)(C)NC(=O)CCN(NC(=O)c1ccc(C(C)(C)C)cc1)C1=NS(=O)(=O)c2ccccc21. The zero-order valence-corrected chi connectivity index (χ0v) is 21.3. The average Bonchev–Trinajstić information content (AvgIpc) is 3.00. The number of sulfonamides is 1. The molecule has 0 fully saturated rings. The number of nitrogens with one attached hydrogen (secondary N) is 2.